The molecule has 0 radical (unpaired) electrons. The number of carbonyl (C=O) groups is 2. The van der Waals surface area contributed by atoms with Gasteiger partial charge < -0.3 is 14.5 Å². The van der Waals surface area contributed by atoms with Crippen LogP contribution < -0.4 is 0 Å². The quantitative estimate of drug-likeness (QED) is 0.829. The molecule has 1 aromatic carbocycles. The summed E-state index contributed by atoms with van der Waals surface area (Å²) in [6.07, 6.45) is 3.29. The van der Waals surface area contributed by atoms with Crippen molar-refractivity contribution in [3.63, 3.8) is 0 Å². The van der Waals surface area contributed by atoms with Crippen molar-refractivity contribution >= 4 is 23.8 Å². The van der Waals surface area contributed by atoms with Gasteiger partial charge in [0.05, 0.1) is 13.0 Å². The molecule has 136 valence electrons. The van der Waals surface area contributed by atoms with E-state index in [9.17, 15) is 9.59 Å². The normalized spacial score (nSPS) is 17.6. The van der Waals surface area contributed by atoms with Crippen LogP contribution >= 0.6 is 11.8 Å². The van der Waals surface area contributed by atoms with E-state index in [1.54, 1.807) is 4.90 Å². The van der Waals surface area contributed by atoms with Crippen molar-refractivity contribution < 1.29 is 14.3 Å². The fraction of sp³-hybridized carbons (Fsp3) is 0.579. The van der Waals surface area contributed by atoms with Gasteiger partial charge in [-0.05, 0) is 49.1 Å². The molecule has 0 spiro atoms. The number of amides is 2. The minimum atomic E-state index is -0.274. The number of thioether (sulfide) groups is 1. The highest BCUT2D eigenvalue weighted by Gasteiger charge is 2.23. The number of carbonyl (C=O) groups excluding carboxylic acids is 2. The molecule has 2 amide bonds. The third kappa shape index (κ3) is 4.69. The number of hydrogen-bond acceptors (Lipinski definition) is 4. The molecule has 0 N–H and O–H groups in total. The van der Waals surface area contributed by atoms with Gasteiger partial charge in [-0.3, -0.25) is 4.79 Å². The first-order valence-electron chi connectivity index (χ1n) is 9.11. The molecular formula is C19H26N2O3S. The maximum Gasteiger partial charge on any atom is 0.409 e. The second kappa shape index (κ2) is 8.61. The first kappa shape index (κ1) is 18.1. The summed E-state index contributed by atoms with van der Waals surface area (Å²) in [6, 6.07) is 6.44. The minimum Gasteiger partial charge on any atom is -0.450 e. The smallest absolute Gasteiger partial charge is 0.409 e. The largest absolute Gasteiger partial charge is 0.450 e. The van der Waals surface area contributed by atoms with Crippen molar-refractivity contribution in [2.45, 2.75) is 37.5 Å². The second-order valence-electron chi connectivity index (χ2n) is 6.49. The lowest BCUT2D eigenvalue weighted by Gasteiger charge is -2.22. The highest BCUT2D eigenvalue weighted by Crippen LogP contribution is 2.30. The molecule has 0 aromatic heterocycles. The third-order valence-corrected chi connectivity index (χ3v) is 5.90. The van der Waals surface area contributed by atoms with Gasteiger partial charge in [0, 0.05) is 31.1 Å². The van der Waals surface area contributed by atoms with Crippen molar-refractivity contribution in [2.75, 3.05) is 38.5 Å². The lowest BCUT2D eigenvalue weighted by Crippen LogP contribution is -2.38. The summed E-state index contributed by atoms with van der Waals surface area (Å²) in [4.78, 5) is 29.5. The lowest BCUT2D eigenvalue weighted by atomic mass is 10.0. The van der Waals surface area contributed by atoms with Gasteiger partial charge in [0.15, 0.2) is 0 Å². The summed E-state index contributed by atoms with van der Waals surface area (Å²) < 4.78 is 5.06. The molecule has 0 aliphatic carbocycles. The van der Waals surface area contributed by atoms with E-state index in [-0.39, 0.29) is 12.0 Å². The predicted octanol–water partition coefficient (Wildman–Crippen LogP) is 2.96. The Hall–Kier alpha value is -1.69. The Morgan fingerprint density at radius 3 is 2.76 bits per heavy atom. The Kier molecular flexibility index (Phi) is 6.24. The van der Waals surface area contributed by atoms with Crippen LogP contribution in [-0.4, -0.2) is 60.3 Å². The highest BCUT2D eigenvalue weighted by atomic mass is 32.2. The standard InChI is InChI=1S/C19H26N2O3S/c1-2-24-19(23)21-9-4-8-20(10-11-21)18(22)14-15-6-7-17-16(13-15)5-3-12-25-17/h6-7,13H,2-5,8-12,14H2,1H3. The molecule has 1 fully saturated rings. The predicted molar refractivity (Wildman–Crippen MR) is 99.0 cm³/mol. The van der Waals surface area contributed by atoms with Crippen LogP contribution in [0.2, 0.25) is 0 Å². The summed E-state index contributed by atoms with van der Waals surface area (Å²) in [6.45, 7) is 4.68. The molecule has 2 aliphatic rings. The number of benzene rings is 1. The molecule has 0 atom stereocenters. The molecule has 5 nitrogen and oxygen atoms in total. The summed E-state index contributed by atoms with van der Waals surface area (Å²) in [5, 5.41) is 0. The van der Waals surface area contributed by atoms with Crippen molar-refractivity contribution in [3.8, 4) is 0 Å². The molecular weight excluding hydrogens is 336 g/mol. The number of hydrogen-bond donors (Lipinski definition) is 0. The van der Waals surface area contributed by atoms with Crippen LogP contribution in [0.15, 0.2) is 23.1 Å². The Morgan fingerprint density at radius 2 is 1.92 bits per heavy atom. The number of nitrogens with zero attached hydrogens (tertiary/aromatic N) is 2. The van der Waals surface area contributed by atoms with E-state index in [0.717, 1.165) is 18.4 Å². The van der Waals surface area contributed by atoms with E-state index in [1.165, 1.54) is 22.6 Å². The van der Waals surface area contributed by atoms with Gasteiger partial charge in [0.1, 0.15) is 0 Å². The molecule has 0 unspecified atom stereocenters. The zero-order valence-corrected chi connectivity index (χ0v) is 15.6. The summed E-state index contributed by atoms with van der Waals surface area (Å²) in [5.74, 6) is 1.34. The Bertz CT molecular complexity index is 635. The van der Waals surface area contributed by atoms with Crippen molar-refractivity contribution in [3.05, 3.63) is 29.3 Å². The van der Waals surface area contributed by atoms with Gasteiger partial charge in [0.2, 0.25) is 5.91 Å². The van der Waals surface area contributed by atoms with Gasteiger partial charge in [-0.15, -0.1) is 11.8 Å². The molecule has 1 saturated heterocycles. The van der Waals surface area contributed by atoms with Crippen LogP contribution in [0.4, 0.5) is 4.79 Å². The van der Waals surface area contributed by atoms with Gasteiger partial charge in [-0.2, -0.15) is 0 Å². The molecule has 2 heterocycles. The van der Waals surface area contributed by atoms with E-state index in [2.05, 4.69) is 18.2 Å². The number of rotatable bonds is 3. The van der Waals surface area contributed by atoms with Crippen LogP contribution in [0, 0.1) is 0 Å². The first-order valence-corrected chi connectivity index (χ1v) is 10.1. The second-order valence-corrected chi connectivity index (χ2v) is 7.63. The summed E-state index contributed by atoms with van der Waals surface area (Å²) >= 11 is 1.91. The van der Waals surface area contributed by atoms with Gasteiger partial charge in [-0.25, -0.2) is 4.79 Å². The van der Waals surface area contributed by atoms with Crippen molar-refractivity contribution in [1.82, 2.24) is 9.80 Å². The van der Waals surface area contributed by atoms with E-state index in [1.807, 2.05) is 23.6 Å². The Labute approximate surface area is 153 Å². The molecule has 6 heteroatoms. The minimum absolute atomic E-state index is 0.147. The van der Waals surface area contributed by atoms with Crippen molar-refractivity contribution in [1.29, 1.82) is 0 Å². The Balaban J connectivity index is 1.57. The van der Waals surface area contributed by atoms with Crippen LogP contribution in [0.1, 0.15) is 30.9 Å². The average Bonchev–Trinajstić information content (AvgIpc) is 2.88. The Morgan fingerprint density at radius 1 is 1.12 bits per heavy atom. The topological polar surface area (TPSA) is 49.9 Å². The molecule has 1 aromatic rings. The first-order chi connectivity index (χ1) is 12.2. The van der Waals surface area contributed by atoms with Crippen LogP contribution in [0.5, 0.6) is 0 Å². The monoisotopic (exact) mass is 362 g/mol. The van der Waals surface area contributed by atoms with Crippen LogP contribution in [0.25, 0.3) is 0 Å². The van der Waals surface area contributed by atoms with Crippen LogP contribution in [-0.2, 0) is 22.4 Å². The number of aryl methyl sites for hydroxylation is 1. The fourth-order valence-electron chi connectivity index (χ4n) is 3.37. The zero-order chi connectivity index (χ0) is 17.6. The van der Waals surface area contributed by atoms with E-state index in [0.29, 0.717) is 39.2 Å². The third-order valence-electron chi connectivity index (χ3n) is 4.70. The summed E-state index contributed by atoms with van der Waals surface area (Å²) in [7, 11) is 0. The van der Waals surface area contributed by atoms with E-state index < -0.39 is 0 Å². The molecule has 2 aliphatic heterocycles. The fourth-order valence-corrected chi connectivity index (χ4v) is 4.39. The zero-order valence-electron chi connectivity index (χ0n) is 14.8. The molecule has 3 rings (SSSR count). The lowest BCUT2D eigenvalue weighted by molar-refractivity contribution is -0.130. The van der Waals surface area contributed by atoms with Crippen molar-refractivity contribution in [2.24, 2.45) is 0 Å². The molecule has 25 heavy (non-hydrogen) atoms. The molecule has 0 saturated carbocycles. The number of fused-ring (bicyclic) bond motifs is 1. The maximum atomic E-state index is 12.7. The maximum absolute atomic E-state index is 12.7. The van der Waals surface area contributed by atoms with Gasteiger partial charge in [0.25, 0.3) is 0 Å². The summed E-state index contributed by atoms with van der Waals surface area (Å²) in [5.41, 5.74) is 2.48. The van der Waals surface area contributed by atoms with E-state index in [4.69, 9.17) is 4.74 Å². The van der Waals surface area contributed by atoms with E-state index >= 15 is 0 Å². The SMILES string of the molecule is CCOC(=O)N1CCCN(C(=O)Cc2ccc3c(c2)CCCS3)CC1. The average molecular weight is 362 g/mol. The molecule has 0 bridgehead atoms. The van der Waals surface area contributed by atoms with Gasteiger partial charge in [-0.1, -0.05) is 12.1 Å². The number of ether oxygens (including phenoxy) is 1. The van der Waals surface area contributed by atoms with Gasteiger partial charge >= 0.3 is 6.09 Å². The van der Waals surface area contributed by atoms with Crippen LogP contribution in [0.3, 0.4) is 0 Å². The highest BCUT2D eigenvalue weighted by molar-refractivity contribution is 7.99.